The van der Waals surface area contributed by atoms with Crippen LogP contribution in [-0.4, -0.2) is 54.0 Å². The number of rotatable bonds is 8. The monoisotopic (exact) mass is 742 g/mol. The van der Waals surface area contributed by atoms with E-state index in [9.17, 15) is 50.5 Å². The molecule has 0 aliphatic carbocycles. The predicted octanol–water partition coefficient (Wildman–Crippen LogP) is 6.05. The van der Waals surface area contributed by atoms with Gasteiger partial charge in [-0.25, -0.2) is 4.79 Å². The van der Waals surface area contributed by atoms with Gasteiger partial charge < -0.3 is 31.5 Å². The number of anilines is 4. The zero-order chi connectivity index (χ0) is 37.4. The van der Waals surface area contributed by atoms with Gasteiger partial charge in [0.2, 0.25) is 0 Å². The fourth-order valence-electron chi connectivity index (χ4n) is 5.14. The van der Waals surface area contributed by atoms with Crippen LogP contribution in [0.2, 0.25) is 0 Å². The van der Waals surface area contributed by atoms with Gasteiger partial charge in [0.05, 0.1) is 21.2 Å². The lowest BCUT2D eigenvalue weighted by Gasteiger charge is -2.11. The smallest absolute Gasteiger partial charge is 0.323 e. The number of aromatic hydroxyl groups is 2. The molecular formula is C35H26N4O11S2. The van der Waals surface area contributed by atoms with Gasteiger partial charge >= 0.3 is 6.03 Å². The molecule has 0 atom stereocenters. The van der Waals surface area contributed by atoms with E-state index < -0.39 is 38.1 Å². The molecule has 0 fully saturated rings. The standard InChI is InChI=1S/C35H26N4O11S2/c40-31-17-23-13-27(51(45,46)47)11-5-21(23)15-29(31)38-33(42)19-1-7-25(8-2-19)36-35(44)37-26-9-3-20(4-10-26)34(43)39-30-16-22-6-12-28(52(48,49)50)14-24(22)18-32(30)41/h1-18,40-41H,(H,38,42)(H,39,43)(H2,36,37,44)(H,45,46,47)(H,48,49,50). The van der Waals surface area contributed by atoms with Gasteiger partial charge in [0.25, 0.3) is 32.1 Å². The van der Waals surface area contributed by atoms with Crippen LogP contribution in [0.5, 0.6) is 11.5 Å². The lowest BCUT2D eigenvalue weighted by molar-refractivity contribution is 0.101. The molecule has 52 heavy (non-hydrogen) atoms. The van der Waals surface area contributed by atoms with E-state index in [0.29, 0.717) is 32.9 Å². The Bertz CT molecular complexity index is 2460. The number of phenols is 2. The van der Waals surface area contributed by atoms with Crippen molar-refractivity contribution in [3.05, 3.63) is 120 Å². The fraction of sp³-hybridized carbons (Fsp3) is 0. The minimum absolute atomic E-state index is 0.0631. The van der Waals surface area contributed by atoms with Crippen molar-refractivity contribution in [1.29, 1.82) is 0 Å². The number of hydrogen-bond acceptors (Lipinski definition) is 9. The molecule has 15 nitrogen and oxygen atoms in total. The summed E-state index contributed by atoms with van der Waals surface area (Å²) in [5, 5.41) is 32.8. The van der Waals surface area contributed by atoms with Gasteiger partial charge in [-0.05, 0) is 119 Å². The maximum Gasteiger partial charge on any atom is 0.323 e. The summed E-state index contributed by atoms with van der Waals surface area (Å²) in [5.41, 5.74) is 1.21. The number of fused-ring (bicyclic) bond motifs is 2. The number of nitrogens with one attached hydrogen (secondary N) is 4. The third kappa shape index (κ3) is 7.92. The molecule has 0 aliphatic heterocycles. The van der Waals surface area contributed by atoms with Crippen molar-refractivity contribution in [3.63, 3.8) is 0 Å². The highest BCUT2D eigenvalue weighted by Crippen LogP contribution is 2.33. The van der Waals surface area contributed by atoms with Crippen molar-refractivity contribution in [2.45, 2.75) is 9.79 Å². The summed E-state index contributed by atoms with van der Waals surface area (Å²) in [4.78, 5) is 37.6. The molecule has 4 amide bonds. The van der Waals surface area contributed by atoms with Gasteiger partial charge in [-0.2, -0.15) is 16.8 Å². The lowest BCUT2D eigenvalue weighted by atomic mass is 10.1. The maximum atomic E-state index is 12.8. The predicted molar refractivity (Wildman–Crippen MR) is 192 cm³/mol. The van der Waals surface area contributed by atoms with E-state index in [1.165, 1.54) is 109 Å². The second-order valence-corrected chi connectivity index (χ2v) is 14.2. The van der Waals surface area contributed by atoms with Crippen molar-refractivity contribution in [2.24, 2.45) is 0 Å². The van der Waals surface area contributed by atoms with Crippen LogP contribution >= 0.6 is 0 Å². The van der Waals surface area contributed by atoms with E-state index >= 15 is 0 Å². The second kappa shape index (κ2) is 13.6. The van der Waals surface area contributed by atoms with Crippen molar-refractivity contribution < 1.29 is 50.5 Å². The van der Waals surface area contributed by atoms with E-state index in [-0.39, 0.29) is 43.8 Å². The molecule has 0 unspecified atom stereocenters. The molecule has 17 heteroatoms. The number of amides is 4. The molecule has 0 bridgehead atoms. The quantitative estimate of drug-likeness (QED) is 0.0659. The number of benzene rings is 6. The Hall–Kier alpha value is -6.53. The summed E-state index contributed by atoms with van der Waals surface area (Å²) in [6, 6.07) is 24.1. The number of carbonyl (C=O) groups excluding carboxylic acids is 3. The topological polar surface area (TPSA) is 249 Å². The Morgan fingerprint density at radius 1 is 0.442 bits per heavy atom. The summed E-state index contributed by atoms with van der Waals surface area (Å²) in [5.74, 6) is -1.81. The summed E-state index contributed by atoms with van der Waals surface area (Å²) >= 11 is 0. The normalized spacial score (nSPS) is 11.6. The van der Waals surface area contributed by atoms with E-state index in [0.717, 1.165) is 0 Å². The average Bonchev–Trinajstić information content (AvgIpc) is 3.08. The highest BCUT2D eigenvalue weighted by molar-refractivity contribution is 7.86. The molecule has 0 aromatic heterocycles. The third-order valence-corrected chi connectivity index (χ3v) is 9.45. The number of urea groups is 1. The van der Waals surface area contributed by atoms with E-state index in [4.69, 9.17) is 0 Å². The third-order valence-electron chi connectivity index (χ3n) is 7.75. The summed E-state index contributed by atoms with van der Waals surface area (Å²) in [7, 11) is -8.88. The van der Waals surface area contributed by atoms with Crippen LogP contribution in [0.3, 0.4) is 0 Å². The first-order valence-electron chi connectivity index (χ1n) is 14.9. The molecule has 6 aromatic carbocycles. The zero-order valence-electron chi connectivity index (χ0n) is 26.4. The Kier molecular flexibility index (Phi) is 9.26. The van der Waals surface area contributed by atoms with Crippen LogP contribution in [0.15, 0.2) is 119 Å². The molecular weight excluding hydrogens is 717 g/mol. The molecule has 8 N–H and O–H groups in total. The molecule has 0 saturated heterocycles. The molecule has 0 saturated carbocycles. The van der Waals surface area contributed by atoms with Gasteiger partial charge in [-0.1, -0.05) is 12.1 Å². The van der Waals surface area contributed by atoms with Crippen molar-refractivity contribution in [3.8, 4) is 11.5 Å². The second-order valence-electron chi connectivity index (χ2n) is 11.3. The highest BCUT2D eigenvalue weighted by atomic mass is 32.2. The van der Waals surface area contributed by atoms with Crippen LogP contribution < -0.4 is 21.3 Å². The van der Waals surface area contributed by atoms with Gasteiger partial charge in [-0.15, -0.1) is 0 Å². The zero-order valence-corrected chi connectivity index (χ0v) is 28.0. The average molecular weight is 743 g/mol. The molecule has 6 rings (SSSR count). The first kappa shape index (κ1) is 35.3. The first-order chi connectivity index (χ1) is 24.5. The molecule has 0 spiro atoms. The minimum Gasteiger partial charge on any atom is -0.506 e. The molecule has 0 heterocycles. The van der Waals surface area contributed by atoms with Gasteiger partial charge in [0.15, 0.2) is 0 Å². The van der Waals surface area contributed by atoms with Crippen molar-refractivity contribution in [1.82, 2.24) is 0 Å². The van der Waals surface area contributed by atoms with E-state index in [1.54, 1.807) is 0 Å². The Morgan fingerprint density at radius 2 is 0.808 bits per heavy atom. The van der Waals surface area contributed by atoms with Gasteiger partial charge in [0, 0.05) is 22.5 Å². The number of carbonyl (C=O) groups is 3. The molecule has 0 aliphatic rings. The van der Waals surface area contributed by atoms with Crippen LogP contribution in [-0.2, 0) is 20.2 Å². The lowest BCUT2D eigenvalue weighted by Crippen LogP contribution is -2.20. The van der Waals surface area contributed by atoms with E-state index in [2.05, 4.69) is 21.3 Å². The molecule has 0 radical (unpaired) electrons. The Labute approximate surface area is 295 Å². The van der Waals surface area contributed by atoms with Crippen molar-refractivity contribution >= 4 is 82.4 Å². The SMILES string of the molecule is O=C(Nc1ccc(C(=O)Nc2cc3ccc(S(=O)(=O)O)cc3cc2O)cc1)Nc1ccc(C(=O)Nc2cc3ccc(S(=O)(=O)O)cc3cc2O)cc1. The van der Waals surface area contributed by atoms with Crippen LogP contribution in [0, 0.1) is 0 Å². The Morgan fingerprint density at radius 3 is 1.15 bits per heavy atom. The Balaban J connectivity index is 1.04. The van der Waals surface area contributed by atoms with Crippen molar-refractivity contribution in [2.75, 3.05) is 21.3 Å². The summed E-state index contributed by atoms with van der Waals surface area (Å²) in [6.07, 6.45) is 0. The summed E-state index contributed by atoms with van der Waals surface area (Å²) in [6.45, 7) is 0. The van der Waals surface area contributed by atoms with Crippen LogP contribution in [0.1, 0.15) is 20.7 Å². The van der Waals surface area contributed by atoms with E-state index in [1.807, 2.05) is 0 Å². The van der Waals surface area contributed by atoms with Gasteiger partial charge in [0.1, 0.15) is 11.5 Å². The fourth-order valence-corrected chi connectivity index (χ4v) is 6.17. The van der Waals surface area contributed by atoms with Crippen LogP contribution in [0.4, 0.5) is 27.5 Å². The van der Waals surface area contributed by atoms with Gasteiger partial charge in [-0.3, -0.25) is 18.7 Å². The molecule has 264 valence electrons. The largest absolute Gasteiger partial charge is 0.506 e. The highest BCUT2D eigenvalue weighted by Gasteiger charge is 2.16. The summed E-state index contributed by atoms with van der Waals surface area (Å²) < 4.78 is 64.1. The van der Waals surface area contributed by atoms with Crippen LogP contribution in [0.25, 0.3) is 21.5 Å². The number of phenolic OH excluding ortho intramolecular Hbond substituents is 2. The molecule has 6 aromatic rings. The number of hydrogen-bond donors (Lipinski definition) is 8. The first-order valence-corrected chi connectivity index (χ1v) is 17.8. The minimum atomic E-state index is -4.44. The maximum absolute atomic E-state index is 12.8.